The number of nitriles is 1. The van der Waals surface area contributed by atoms with Crippen LogP contribution in [0.5, 0.6) is 5.75 Å². The molecule has 0 aromatic heterocycles. The molecule has 0 fully saturated rings. The Labute approximate surface area is 142 Å². The topological polar surface area (TPSA) is 65.4 Å². The minimum Gasteiger partial charge on any atom is -0.481 e. The summed E-state index contributed by atoms with van der Waals surface area (Å²) in [6, 6.07) is 16.7. The van der Waals surface area contributed by atoms with E-state index in [0.717, 1.165) is 11.3 Å². The molecule has 5 nitrogen and oxygen atoms in total. The Kier molecular flexibility index (Phi) is 5.80. The number of amides is 1. The van der Waals surface area contributed by atoms with Gasteiger partial charge in [0.25, 0.3) is 5.91 Å². The molecule has 1 N–H and O–H groups in total. The second-order valence-electron chi connectivity index (χ2n) is 5.67. The summed E-state index contributed by atoms with van der Waals surface area (Å²) >= 11 is 0. The van der Waals surface area contributed by atoms with E-state index in [-0.39, 0.29) is 5.91 Å². The second-order valence-corrected chi connectivity index (χ2v) is 5.67. The molecule has 0 heterocycles. The zero-order chi connectivity index (χ0) is 17.5. The molecule has 2 aromatic rings. The molecule has 1 amide bonds. The summed E-state index contributed by atoms with van der Waals surface area (Å²) in [5, 5.41) is 11.6. The van der Waals surface area contributed by atoms with E-state index in [2.05, 4.69) is 5.32 Å². The zero-order valence-corrected chi connectivity index (χ0v) is 14.1. The molecule has 5 heteroatoms. The second kappa shape index (κ2) is 8.02. The molecule has 24 heavy (non-hydrogen) atoms. The largest absolute Gasteiger partial charge is 0.481 e. The maximum absolute atomic E-state index is 12.1. The summed E-state index contributed by atoms with van der Waals surface area (Å²) in [5.74, 6) is 0.378. The van der Waals surface area contributed by atoms with Crippen molar-refractivity contribution in [2.75, 3.05) is 19.0 Å². The number of carbonyl (C=O) groups is 1. The van der Waals surface area contributed by atoms with Crippen LogP contribution in [0.3, 0.4) is 0 Å². The van der Waals surface area contributed by atoms with Gasteiger partial charge in [-0.05, 0) is 48.9 Å². The molecule has 0 spiro atoms. The predicted octanol–water partition coefficient (Wildman–Crippen LogP) is 2.71. The lowest BCUT2D eigenvalue weighted by Crippen LogP contribution is -2.35. The molecular formula is C19H21N3O2. The number of anilines is 1. The smallest absolute Gasteiger partial charge is 0.261 e. The quantitative estimate of drug-likeness (QED) is 0.888. The van der Waals surface area contributed by atoms with E-state index in [1.165, 1.54) is 0 Å². The van der Waals surface area contributed by atoms with Crippen LogP contribution < -0.4 is 15.0 Å². The summed E-state index contributed by atoms with van der Waals surface area (Å²) in [7, 11) is 3.97. The number of hydrogen-bond acceptors (Lipinski definition) is 4. The van der Waals surface area contributed by atoms with E-state index < -0.39 is 6.10 Å². The van der Waals surface area contributed by atoms with Crippen LogP contribution in [0.25, 0.3) is 0 Å². The summed E-state index contributed by atoms with van der Waals surface area (Å²) in [5.41, 5.74) is 2.70. The third kappa shape index (κ3) is 4.75. The van der Waals surface area contributed by atoms with E-state index in [4.69, 9.17) is 10.00 Å². The molecular weight excluding hydrogens is 302 g/mol. The lowest BCUT2D eigenvalue weighted by atomic mass is 10.2. The van der Waals surface area contributed by atoms with Crippen molar-refractivity contribution in [1.82, 2.24) is 5.32 Å². The third-order valence-corrected chi connectivity index (χ3v) is 3.58. The van der Waals surface area contributed by atoms with Crippen LogP contribution in [0.4, 0.5) is 5.69 Å². The van der Waals surface area contributed by atoms with Crippen LogP contribution in [-0.2, 0) is 11.3 Å². The molecule has 1 atom stereocenters. The Balaban J connectivity index is 1.85. The molecule has 1 unspecified atom stereocenters. The fourth-order valence-electron chi connectivity index (χ4n) is 2.11. The highest BCUT2D eigenvalue weighted by molar-refractivity contribution is 5.80. The van der Waals surface area contributed by atoms with Gasteiger partial charge in [-0.3, -0.25) is 4.79 Å². The summed E-state index contributed by atoms with van der Waals surface area (Å²) in [4.78, 5) is 14.1. The highest BCUT2D eigenvalue weighted by Gasteiger charge is 2.14. The first-order chi connectivity index (χ1) is 11.5. The number of rotatable bonds is 6. The van der Waals surface area contributed by atoms with Crippen molar-refractivity contribution >= 4 is 11.6 Å². The van der Waals surface area contributed by atoms with E-state index in [1.54, 1.807) is 31.2 Å². The van der Waals surface area contributed by atoms with Crippen molar-refractivity contribution in [2.24, 2.45) is 0 Å². The normalized spacial score (nSPS) is 11.2. The molecule has 0 bridgehead atoms. The third-order valence-electron chi connectivity index (χ3n) is 3.58. The highest BCUT2D eigenvalue weighted by Crippen LogP contribution is 2.14. The molecule has 2 rings (SSSR count). The van der Waals surface area contributed by atoms with Crippen LogP contribution in [-0.4, -0.2) is 26.1 Å². The number of benzene rings is 2. The molecule has 0 saturated carbocycles. The predicted molar refractivity (Wildman–Crippen MR) is 93.9 cm³/mol. The van der Waals surface area contributed by atoms with Crippen LogP contribution in [0.2, 0.25) is 0 Å². The van der Waals surface area contributed by atoms with Gasteiger partial charge in [-0.15, -0.1) is 0 Å². The molecule has 0 radical (unpaired) electrons. The van der Waals surface area contributed by atoms with Crippen LogP contribution >= 0.6 is 0 Å². The minimum atomic E-state index is -0.612. The van der Waals surface area contributed by atoms with E-state index in [0.29, 0.717) is 17.9 Å². The SMILES string of the molecule is CC(Oc1ccc(C#N)cc1)C(=O)NCc1ccc(N(C)C)cc1. The number of carbonyl (C=O) groups excluding carboxylic acids is 1. The van der Waals surface area contributed by atoms with Crippen molar-refractivity contribution in [3.63, 3.8) is 0 Å². The maximum Gasteiger partial charge on any atom is 0.261 e. The Hall–Kier alpha value is -3.00. The molecule has 0 aliphatic rings. The molecule has 0 aliphatic heterocycles. The molecule has 0 aliphatic carbocycles. The number of hydrogen-bond donors (Lipinski definition) is 1. The van der Waals surface area contributed by atoms with E-state index in [1.807, 2.05) is 49.3 Å². The fraction of sp³-hybridized carbons (Fsp3) is 0.263. The van der Waals surface area contributed by atoms with Crippen molar-refractivity contribution in [3.8, 4) is 11.8 Å². The van der Waals surface area contributed by atoms with E-state index in [9.17, 15) is 4.79 Å². The van der Waals surface area contributed by atoms with Crippen LogP contribution in [0.1, 0.15) is 18.1 Å². The van der Waals surface area contributed by atoms with Crippen molar-refractivity contribution in [2.45, 2.75) is 19.6 Å². The van der Waals surface area contributed by atoms with Gasteiger partial charge in [0.05, 0.1) is 11.6 Å². The van der Waals surface area contributed by atoms with Crippen LogP contribution in [0.15, 0.2) is 48.5 Å². The number of nitrogens with one attached hydrogen (secondary N) is 1. The van der Waals surface area contributed by atoms with Crippen molar-refractivity contribution < 1.29 is 9.53 Å². The average Bonchev–Trinajstić information content (AvgIpc) is 2.60. The highest BCUT2D eigenvalue weighted by atomic mass is 16.5. The first kappa shape index (κ1) is 17.4. The maximum atomic E-state index is 12.1. The molecule has 0 saturated heterocycles. The van der Waals surface area contributed by atoms with Gasteiger partial charge < -0.3 is 15.0 Å². The zero-order valence-electron chi connectivity index (χ0n) is 14.1. The first-order valence-corrected chi connectivity index (χ1v) is 7.70. The monoisotopic (exact) mass is 323 g/mol. The Morgan fingerprint density at radius 1 is 1.17 bits per heavy atom. The van der Waals surface area contributed by atoms with Gasteiger partial charge in [-0.25, -0.2) is 0 Å². The minimum absolute atomic E-state index is 0.184. The van der Waals surface area contributed by atoms with Gasteiger partial charge in [-0.1, -0.05) is 12.1 Å². The standard InChI is InChI=1S/C19H21N3O2/c1-14(24-18-10-6-15(12-20)7-11-18)19(23)21-13-16-4-8-17(9-5-16)22(2)3/h4-11,14H,13H2,1-3H3,(H,21,23). The Morgan fingerprint density at radius 3 is 2.33 bits per heavy atom. The average molecular weight is 323 g/mol. The number of ether oxygens (including phenoxy) is 1. The summed E-state index contributed by atoms with van der Waals surface area (Å²) in [6.45, 7) is 2.15. The van der Waals surface area contributed by atoms with Gasteiger partial charge in [-0.2, -0.15) is 5.26 Å². The summed E-state index contributed by atoms with van der Waals surface area (Å²) < 4.78 is 5.59. The molecule has 124 valence electrons. The van der Waals surface area contributed by atoms with Crippen molar-refractivity contribution in [1.29, 1.82) is 5.26 Å². The van der Waals surface area contributed by atoms with Gasteiger partial charge in [0.2, 0.25) is 0 Å². The van der Waals surface area contributed by atoms with Gasteiger partial charge in [0.1, 0.15) is 5.75 Å². The fourth-order valence-corrected chi connectivity index (χ4v) is 2.11. The Bertz CT molecular complexity index is 716. The Morgan fingerprint density at radius 2 is 1.79 bits per heavy atom. The van der Waals surface area contributed by atoms with Gasteiger partial charge in [0, 0.05) is 26.3 Å². The van der Waals surface area contributed by atoms with Gasteiger partial charge >= 0.3 is 0 Å². The van der Waals surface area contributed by atoms with Crippen molar-refractivity contribution in [3.05, 3.63) is 59.7 Å². The lowest BCUT2D eigenvalue weighted by Gasteiger charge is -2.15. The van der Waals surface area contributed by atoms with E-state index >= 15 is 0 Å². The molecule has 2 aromatic carbocycles. The van der Waals surface area contributed by atoms with Crippen LogP contribution in [0, 0.1) is 11.3 Å². The first-order valence-electron chi connectivity index (χ1n) is 7.70. The lowest BCUT2D eigenvalue weighted by molar-refractivity contribution is -0.127. The van der Waals surface area contributed by atoms with Gasteiger partial charge in [0.15, 0.2) is 6.10 Å². The number of nitrogens with zero attached hydrogens (tertiary/aromatic N) is 2. The summed E-state index contributed by atoms with van der Waals surface area (Å²) in [6.07, 6.45) is -0.612.